The number of aliphatic hydroxyl groups is 1. The molecule has 1 fully saturated rings. The maximum absolute atomic E-state index is 14.0. The average molecular weight is 454 g/mol. The van der Waals surface area contributed by atoms with Gasteiger partial charge >= 0.3 is 5.97 Å². The van der Waals surface area contributed by atoms with Crippen molar-refractivity contribution in [3.63, 3.8) is 0 Å². The molecule has 0 radical (unpaired) electrons. The Kier molecular flexibility index (Phi) is 6.81. The maximum Gasteiger partial charge on any atom is 0.337 e. The number of hydrogen-bond donors (Lipinski definition) is 1. The van der Waals surface area contributed by atoms with Gasteiger partial charge in [-0.15, -0.1) is 0 Å². The van der Waals surface area contributed by atoms with Gasteiger partial charge in [-0.25, -0.2) is 14.2 Å². The largest absolute Gasteiger partial charge is 0.465 e. The molecule has 1 aliphatic heterocycles. The lowest BCUT2D eigenvalue weighted by molar-refractivity contribution is 0.0600. The SMILES string of the molecule is COC(=O)c1ccc(C(O)c2cn(CC3CCN(CC(C)(C)F)CC3)c3ncccc23)cc1. The highest BCUT2D eigenvalue weighted by molar-refractivity contribution is 5.89. The number of fused-ring (bicyclic) bond motifs is 1. The van der Waals surface area contributed by atoms with Crippen molar-refractivity contribution in [2.75, 3.05) is 26.7 Å². The number of nitrogens with zero attached hydrogens (tertiary/aromatic N) is 3. The van der Waals surface area contributed by atoms with Crippen LogP contribution in [-0.4, -0.2) is 57.9 Å². The van der Waals surface area contributed by atoms with Gasteiger partial charge in [-0.05, 0) is 75.5 Å². The topological polar surface area (TPSA) is 67.6 Å². The predicted octanol–water partition coefficient (Wildman–Crippen LogP) is 4.36. The van der Waals surface area contributed by atoms with E-state index in [0.29, 0.717) is 23.6 Å². The molecule has 176 valence electrons. The minimum atomic E-state index is -1.17. The zero-order valence-electron chi connectivity index (χ0n) is 19.5. The maximum atomic E-state index is 14.0. The van der Waals surface area contributed by atoms with E-state index in [-0.39, 0.29) is 0 Å². The lowest BCUT2D eigenvalue weighted by Gasteiger charge is -2.34. The van der Waals surface area contributed by atoms with Gasteiger partial charge in [0.05, 0.1) is 12.7 Å². The highest BCUT2D eigenvalue weighted by Gasteiger charge is 2.26. The summed E-state index contributed by atoms with van der Waals surface area (Å²) < 4.78 is 20.9. The van der Waals surface area contributed by atoms with E-state index in [0.717, 1.165) is 49.1 Å². The Balaban J connectivity index is 1.52. The Labute approximate surface area is 194 Å². The molecule has 0 saturated carbocycles. The van der Waals surface area contributed by atoms with Crippen molar-refractivity contribution in [1.29, 1.82) is 0 Å². The average Bonchev–Trinajstić information content (AvgIpc) is 3.17. The monoisotopic (exact) mass is 453 g/mol. The molecule has 3 heterocycles. The third-order valence-corrected chi connectivity index (χ3v) is 6.37. The number of carbonyl (C=O) groups is 1. The van der Waals surface area contributed by atoms with Crippen molar-refractivity contribution in [3.05, 3.63) is 65.5 Å². The number of ether oxygens (including phenoxy) is 1. The van der Waals surface area contributed by atoms with Crippen LogP contribution in [0.1, 0.15) is 54.3 Å². The van der Waals surface area contributed by atoms with E-state index in [1.807, 2.05) is 18.3 Å². The normalized spacial score (nSPS) is 16.8. The number of carbonyl (C=O) groups excluding carboxylic acids is 1. The van der Waals surface area contributed by atoms with E-state index >= 15 is 0 Å². The van der Waals surface area contributed by atoms with Crippen LogP contribution in [0.5, 0.6) is 0 Å². The Hall–Kier alpha value is -2.77. The molecule has 2 aromatic heterocycles. The van der Waals surface area contributed by atoms with Crippen LogP contribution in [0, 0.1) is 5.92 Å². The van der Waals surface area contributed by atoms with E-state index in [2.05, 4.69) is 14.5 Å². The van der Waals surface area contributed by atoms with Crippen molar-refractivity contribution in [3.8, 4) is 0 Å². The quantitative estimate of drug-likeness (QED) is 0.538. The van der Waals surface area contributed by atoms with Gasteiger partial charge in [-0.1, -0.05) is 12.1 Å². The first-order valence-electron chi connectivity index (χ1n) is 11.5. The molecule has 1 N–H and O–H groups in total. The number of piperidine rings is 1. The first-order valence-corrected chi connectivity index (χ1v) is 11.5. The second kappa shape index (κ2) is 9.61. The second-order valence-electron chi connectivity index (χ2n) is 9.57. The summed E-state index contributed by atoms with van der Waals surface area (Å²) in [5.41, 5.74) is 1.62. The molecule has 7 heteroatoms. The minimum Gasteiger partial charge on any atom is -0.465 e. The van der Waals surface area contributed by atoms with Crippen LogP contribution in [0.25, 0.3) is 11.0 Å². The predicted molar refractivity (Wildman–Crippen MR) is 126 cm³/mol. The number of likely N-dealkylation sites (tertiary alicyclic amines) is 1. The van der Waals surface area contributed by atoms with Gasteiger partial charge in [-0.2, -0.15) is 0 Å². The fraction of sp³-hybridized carbons (Fsp3) is 0.462. The molecular weight excluding hydrogens is 421 g/mol. The standard InChI is InChI=1S/C26H32FN3O3/c1-26(2,27)17-29-13-10-18(11-14-29)15-30-16-22(21-5-4-12-28-24(21)30)23(31)19-6-8-20(9-7-19)25(32)33-3/h4-9,12,16,18,23,31H,10-11,13-15,17H2,1-3H3. The first kappa shape index (κ1) is 23.4. The van der Waals surface area contributed by atoms with Crippen molar-refractivity contribution in [2.24, 2.45) is 5.92 Å². The summed E-state index contributed by atoms with van der Waals surface area (Å²) >= 11 is 0. The molecule has 1 unspecified atom stereocenters. The number of halogens is 1. The van der Waals surface area contributed by atoms with E-state index in [4.69, 9.17) is 4.74 Å². The van der Waals surface area contributed by atoms with Gasteiger partial charge in [-0.3, -0.25) is 0 Å². The van der Waals surface area contributed by atoms with Gasteiger partial charge in [0, 0.05) is 36.4 Å². The third-order valence-electron chi connectivity index (χ3n) is 6.37. The highest BCUT2D eigenvalue weighted by atomic mass is 19.1. The van der Waals surface area contributed by atoms with Crippen LogP contribution in [0.3, 0.4) is 0 Å². The summed E-state index contributed by atoms with van der Waals surface area (Å²) in [5.74, 6) is 0.0730. The van der Waals surface area contributed by atoms with E-state index in [9.17, 15) is 14.3 Å². The summed E-state index contributed by atoms with van der Waals surface area (Å²) in [6, 6.07) is 10.7. The Bertz CT molecular complexity index is 1100. The van der Waals surface area contributed by atoms with E-state index < -0.39 is 17.7 Å². The molecule has 1 aliphatic rings. The number of alkyl halides is 1. The molecule has 3 aromatic rings. The van der Waals surface area contributed by atoms with Crippen molar-refractivity contribution >= 4 is 17.0 Å². The lowest BCUT2D eigenvalue weighted by atomic mass is 9.96. The molecule has 1 atom stereocenters. The molecule has 0 aliphatic carbocycles. The van der Waals surface area contributed by atoms with Crippen molar-refractivity contribution in [2.45, 2.75) is 45.0 Å². The molecule has 0 amide bonds. The van der Waals surface area contributed by atoms with Crippen LogP contribution in [-0.2, 0) is 11.3 Å². The summed E-state index contributed by atoms with van der Waals surface area (Å²) in [5, 5.41) is 12.1. The molecule has 1 saturated heterocycles. The van der Waals surface area contributed by atoms with E-state index in [1.165, 1.54) is 7.11 Å². The number of aromatic nitrogens is 2. The highest BCUT2D eigenvalue weighted by Crippen LogP contribution is 2.31. The molecule has 0 spiro atoms. The second-order valence-corrected chi connectivity index (χ2v) is 9.57. The van der Waals surface area contributed by atoms with Crippen LogP contribution in [0.2, 0.25) is 0 Å². The molecule has 4 rings (SSSR count). The van der Waals surface area contributed by atoms with Gasteiger partial charge in [0.15, 0.2) is 0 Å². The Morgan fingerprint density at radius 1 is 1.24 bits per heavy atom. The molecule has 33 heavy (non-hydrogen) atoms. The molecule has 1 aromatic carbocycles. The third kappa shape index (κ3) is 5.42. The van der Waals surface area contributed by atoms with Crippen LogP contribution in [0.15, 0.2) is 48.8 Å². The number of aliphatic hydroxyl groups excluding tert-OH is 1. The van der Waals surface area contributed by atoms with E-state index in [1.54, 1.807) is 44.3 Å². The molecular formula is C26H32FN3O3. The van der Waals surface area contributed by atoms with Crippen molar-refractivity contribution in [1.82, 2.24) is 14.5 Å². The van der Waals surface area contributed by atoms with Gasteiger partial charge in [0.1, 0.15) is 17.4 Å². The fourth-order valence-electron chi connectivity index (χ4n) is 4.74. The number of rotatable bonds is 7. The van der Waals surface area contributed by atoms with Crippen LogP contribution >= 0.6 is 0 Å². The van der Waals surface area contributed by atoms with Crippen molar-refractivity contribution < 1.29 is 19.0 Å². The zero-order valence-corrected chi connectivity index (χ0v) is 19.5. The Morgan fingerprint density at radius 2 is 1.94 bits per heavy atom. The van der Waals surface area contributed by atoms with Crippen LogP contribution in [0.4, 0.5) is 4.39 Å². The number of pyridine rings is 1. The van der Waals surface area contributed by atoms with Gasteiger partial charge < -0.3 is 19.3 Å². The summed E-state index contributed by atoms with van der Waals surface area (Å²) in [4.78, 5) is 18.5. The summed E-state index contributed by atoms with van der Waals surface area (Å²) in [6.45, 7) is 6.34. The smallest absolute Gasteiger partial charge is 0.337 e. The first-order chi connectivity index (χ1) is 15.7. The fourth-order valence-corrected chi connectivity index (χ4v) is 4.74. The minimum absolute atomic E-state index is 0.405. The van der Waals surface area contributed by atoms with Gasteiger partial charge in [0.25, 0.3) is 0 Å². The lowest BCUT2D eigenvalue weighted by Crippen LogP contribution is -2.41. The Morgan fingerprint density at radius 3 is 2.58 bits per heavy atom. The number of hydrogen-bond acceptors (Lipinski definition) is 5. The molecule has 0 bridgehead atoms. The number of esters is 1. The number of benzene rings is 1. The number of methoxy groups -OCH3 is 1. The molecule has 6 nitrogen and oxygen atoms in total. The van der Waals surface area contributed by atoms with Gasteiger partial charge in [0.2, 0.25) is 0 Å². The summed E-state index contributed by atoms with van der Waals surface area (Å²) in [6.07, 6.45) is 4.95. The zero-order chi connectivity index (χ0) is 23.6. The summed E-state index contributed by atoms with van der Waals surface area (Å²) in [7, 11) is 1.35. The van der Waals surface area contributed by atoms with Crippen LogP contribution < -0.4 is 0 Å².